The third kappa shape index (κ3) is 2.87. The lowest BCUT2D eigenvalue weighted by Crippen LogP contribution is -2.48. The fourth-order valence-corrected chi connectivity index (χ4v) is 3.57. The van der Waals surface area contributed by atoms with Crippen molar-refractivity contribution in [1.29, 1.82) is 0 Å². The third-order valence-electron chi connectivity index (χ3n) is 5.10. The molecule has 0 aliphatic carbocycles. The van der Waals surface area contributed by atoms with Crippen molar-refractivity contribution in [1.82, 2.24) is 19.4 Å². The molecule has 3 heterocycles. The number of rotatable bonds is 3. The summed E-state index contributed by atoms with van der Waals surface area (Å²) >= 11 is 0. The van der Waals surface area contributed by atoms with Crippen molar-refractivity contribution in [3.63, 3.8) is 0 Å². The molecule has 1 aliphatic heterocycles. The second kappa shape index (κ2) is 6.44. The quantitative estimate of drug-likeness (QED) is 0.735. The molecule has 1 saturated heterocycles. The molecule has 0 N–H and O–H groups in total. The van der Waals surface area contributed by atoms with Crippen LogP contribution in [0.4, 0.5) is 10.3 Å². The molecule has 0 unspecified atom stereocenters. The summed E-state index contributed by atoms with van der Waals surface area (Å²) in [6.07, 6.45) is 1.84. The fraction of sp³-hybridized carbons (Fsp3) is 0.368. The first kappa shape index (κ1) is 16.0. The number of aryl methyl sites for hydroxylation is 1. The van der Waals surface area contributed by atoms with Crippen LogP contribution < -0.4 is 4.90 Å². The van der Waals surface area contributed by atoms with Gasteiger partial charge in [0, 0.05) is 45.5 Å². The van der Waals surface area contributed by atoms with Crippen LogP contribution in [-0.4, -0.2) is 45.6 Å². The highest BCUT2D eigenvalue weighted by Crippen LogP contribution is 2.26. The predicted molar refractivity (Wildman–Crippen MR) is 97.1 cm³/mol. The number of hydrogen-bond donors (Lipinski definition) is 0. The van der Waals surface area contributed by atoms with Crippen LogP contribution in [0.1, 0.15) is 18.7 Å². The van der Waals surface area contributed by atoms with E-state index >= 15 is 0 Å². The highest BCUT2D eigenvalue weighted by molar-refractivity contribution is 5.79. The Hall–Kier alpha value is -2.47. The van der Waals surface area contributed by atoms with E-state index in [-0.39, 0.29) is 5.82 Å². The lowest BCUT2D eigenvalue weighted by atomic mass is 10.1. The maximum absolute atomic E-state index is 14.0. The Labute approximate surface area is 146 Å². The molecule has 1 fully saturated rings. The van der Waals surface area contributed by atoms with Crippen molar-refractivity contribution in [2.75, 3.05) is 31.1 Å². The summed E-state index contributed by atoms with van der Waals surface area (Å²) < 4.78 is 16.0. The van der Waals surface area contributed by atoms with Gasteiger partial charge in [-0.1, -0.05) is 12.1 Å². The van der Waals surface area contributed by atoms with Crippen molar-refractivity contribution >= 4 is 17.0 Å². The lowest BCUT2D eigenvalue weighted by molar-refractivity contribution is 0.194. The van der Waals surface area contributed by atoms with Crippen molar-refractivity contribution in [3.05, 3.63) is 54.1 Å². The number of anilines is 1. The van der Waals surface area contributed by atoms with Gasteiger partial charge in [-0.3, -0.25) is 9.88 Å². The molecule has 0 amide bonds. The Morgan fingerprint density at radius 1 is 1.04 bits per heavy atom. The average Bonchev–Trinajstić information content (AvgIpc) is 3.00. The molecule has 0 bridgehead atoms. The molecule has 1 atom stereocenters. The number of hydrogen-bond acceptors (Lipinski definition) is 4. The number of aromatic nitrogens is 3. The van der Waals surface area contributed by atoms with E-state index in [1.165, 1.54) is 6.07 Å². The average molecular weight is 339 g/mol. The van der Waals surface area contributed by atoms with Gasteiger partial charge in [-0.15, -0.1) is 0 Å². The molecule has 0 saturated carbocycles. The van der Waals surface area contributed by atoms with Gasteiger partial charge in [0.05, 0.1) is 11.2 Å². The van der Waals surface area contributed by atoms with E-state index in [4.69, 9.17) is 0 Å². The second-order valence-electron chi connectivity index (χ2n) is 6.53. The number of fused-ring (bicyclic) bond motifs is 1. The predicted octanol–water partition coefficient (Wildman–Crippen LogP) is 2.99. The molecule has 0 radical (unpaired) electrons. The summed E-state index contributed by atoms with van der Waals surface area (Å²) in [5.74, 6) is 0.576. The van der Waals surface area contributed by atoms with Gasteiger partial charge in [-0.05, 0) is 31.2 Å². The number of nitrogens with zero attached hydrogens (tertiary/aromatic N) is 5. The van der Waals surface area contributed by atoms with Crippen molar-refractivity contribution in [2.45, 2.75) is 13.0 Å². The zero-order chi connectivity index (χ0) is 17.4. The molecular weight excluding hydrogens is 317 g/mol. The number of piperazine rings is 1. The summed E-state index contributed by atoms with van der Waals surface area (Å²) in [5.41, 5.74) is 2.38. The first-order valence-electron chi connectivity index (χ1n) is 8.66. The maximum Gasteiger partial charge on any atom is 0.206 e. The molecule has 25 heavy (non-hydrogen) atoms. The number of benzene rings is 1. The summed E-state index contributed by atoms with van der Waals surface area (Å²) in [5, 5.41) is 0. The zero-order valence-electron chi connectivity index (χ0n) is 14.6. The molecule has 130 valence electrons. The first-order chi connectivity index (χ1) is 12.1. The Bertz CT molecular complexity index is 868. The summed E-state index contributed by atoms with van der Waals surface area (Å²) in [7, 11) is 1.95. The smallest absolute Gasteiger partial charge is 0.206 e. The topological polar surface area (TPSA) is 37.2 Å². The highest BCUT2D eigenvalue weighted by atomic mass is 19.1. The zero-order valence-corrected chi connectivity index (χ0v) is 14.6. The highest BCUT2D eigenvalue weighted by Gasteiger charge is 2.25. The van der Waals surface area contributed by atoms with E-state index in [0.29, 0.717) is 11.6 Å². The van der Waals surface area contributed by atoms with E-state index in [9.17, 15) is 4.39 Å². The molecule has 1 aromatic carbocycles. The molecule has 5 nitrogen and oxygen atoms in total. The van der Waals surface area contributed by atoms with E-state index in [0.717, 1.165) is 43.3 Å². The van der Waals surface area contributed by atoms with E-state index in [1.807, 2.05) is 36.0 Å². The fourth-order valence-electron chi connectivity index (χ4n) is 3.57. The van der Waals surface area contributed by atoms with Crippen molar-refractivity contribution in [3.8, 4) is 0 Å². The third-order valence-corrected chi connectivity index (χ3v) is 5.10. The molecule has 0 spiro atoms. The molecular formula is C19H22FN5. The van der Waals surface area contributed by atoms with Crippen LogP contribution in [0.5, 0.6) is 0 Å². The number of imidazole rings is 1. The van der Waals surface area contributed by atoms with E-state index in [1.54, 1.807) is 6.07 Å². The number of pyridine rings is 1. The van der Waals surface area contributed by atoms with E-state index < -0.39 is 0 Å². The maximum atomic E-state index is 14.0. The lowest BCUT2D eigenvalue weighted by Gasteiger charge is -2.38. The van der Waals surface area contributed by atoms with Gasteiger partial charge in [0.15, 0.2) is 5.82 Å². The largest absolute Gasteiger partial charge is 0.340 e. The van der Waals surface area contributed by atoms with Crippen molar-refractivity contribution in [2.24, 2.45) is 7.05 Å². The standard InChI is InChI=1S/C19H22FN5/c1-14(16-7-3-4-9-21-16)24-10-12-25(13-11-24)19-22-18-15(20)6-5-8-17(18)23(19)2/h3-9,14H,10-13H2,1-2H3/t14-/m1/s1. The van der Waals surface area contributed by atoms with Crippen molar-refractivity contribution < 1.29 is 4.39 Å². The Kier molecular flexibility index (Phi) is 4.13. The molecule has 2 aromatic heterocycles. The minimum absolute atomic E-state index is 0.262. The summed E-state index contributed by atoms with van der Waals surface area (Å²) in [6, 6.07) is 11.4. The number of halogens is 1. The Morgan fingerprint density at radius 3 is 2.52 bits per heavy atom. The summed E-state index contributed by atoms with van der Waals surface area (Å²) in [6.45, 7) is 5.81. The molecule has 1 aliphatic rings. The molecule has 3 aromatic rings. The minimum atomic E-state index is -0.262. The monoisotopic (exact) mass is 339 g/mol. The van der Waals surface area contributed by atoms with Crippen LogP contribution in [0.25, 0.3) is 11.0 Å². The van der Waals surface area contributed by atoms with Gasteiger partial charge in [-0.25, -0.2) is 9.37 Å². The van der Waals surface area contributed by atoms with Crippen LogP contribution in [0.15, 0.2) is 42.6 Å². The second-order valence-corrected chi connectivity index (χ2v) is 6.53. The van der Waals surface area contributed by atoms with Gasteiger partial charge < -0.3 is 9.47 Å². The van der Waals surface area contributed by atoms with Gasteiger partial charge in [-0.2, -0.15) is 0 Å². The summed E-state index contributed by atoms with van der Waals surface area (Å²) in [4.78, 5) is 13.7. The van der Waals surface area contributed by atoms with Crippen LogP contribution in [0.2, 0.25) is 0 Å². The Morgan fingerprint density at radius 2 is 1.84 bits per heavy atom. The Balaban J connectivity index is 1.51. The van der Waals surface area contributed by atoms with E-state index in [2.05, 4.69) is 32.8 Å². The SMILES string of the molecule is C[C@H](c1ccccn1)N1CCN(c2nc3c(F)cccc3n2C)CC1. The van der Waals surface area contributed by atoms with Gasteiger partial charge in [0.25, 0.3) is 0 Å². The van der Waals surface area contributed by atoms with Crippen LogP contribution in [-0.2, 0) is 7.05 Å². The molecule has 4 rings (SSSR count). The van der Waals surface area contributed by atoms with Gasteiger partial charge in [0.2, 0.25) is 5.95 Å². The molecule has 6 heteroatoms. The first-order valence-corrected chi connectivity index (χ1v) is 8.66. The normalized spacial score (nSPS) is 17.2. The van der Waals surface area contributed by atoms with Gasteiger partial charge in [0.1, 0.15) is 5.52 Å². The van der Waals surface area contributed by atoms with Crippen LogP contribution >= 0.6 is 0 Å². The van der Waals surface area contributed by atoms with Crippen LogP contribution in [0, 0.1) is 5.82 Å². The van der Waals surface area contributed by atoms with Gasteiger partial charge >= 0.3 is 0 Å². The number of para-hydroxylation sites is 1. The van der Waals surface area contributed by atoms with Crippen LogP contribution in [0.3, 0.4) is 0 Å². The minimum Gasteiger partial charge on any atom is -0.340 e.